The maximum absolute atomic E-state index is 10.7. The van der Waals surface area contributed by atoms with Gasteiger partial charge in [-0.05, 0) is 34.4 Å². The van der Waals surface area contributed by atoms with E-state index >= 15 is 0 Å². The quantitative estimate of drug-likeness (QED) is 0.713. The van der Waals surface area contributed by atoms with Gasteiger partial charge in [-0.1, -0.05) is 78.3 Å². The van der Waals surface area contributed by atoms with Crippen LogP contribution in [0.3, 0.4) is 0 Å². The van der Waals surface area contributed by atoms with Gasteiger partial charge in [0.2, 0.25) is 0 Å². The van der Waals surface area contributed by atoms with Crippen LogP contribution in [0, 0.1) is 0 Å². The lowest BCUT2D eigenvalue weighted by atomic mass is 9.93. The summed E-state index contributed by atoms with van der Waals surface area (Å²) in [6.07, 6.45) is -0.668. The number of aliphatic hydroxyl groups is 1. The van der Waals surface area contributed by atoms with Crippen molar-refractivity contribution in [1.29, 1.82) is 0 Å². The molecule has 2 heteroatoms. The second-order valence-electron chi connectivity index (χ2n) is 4.91. The van der Waals surface area contributed by atoms with Crippen LogP contribution >= 0.6 is 11.6 Å². The Morgan fingerprint density at radius 3 is 2.05 bits per heavy atom. The number of aliphatic hydroxyl groups excluding tert-OH is 1. The normalized spacial score (nSPS) is 12.1. The van der Waals surface area contributed by atoms with Crippen molar-refractivity contribution >= 4 is 11.6 Å². The Hall–Kier alpha value is -2.09. The molecule has 104 valence electrons. The van der Waals surface area contributed by atoms with Crippen molar-refractivity contribution in [2.75, 3.05) is 0 Å². The molecule has 0 aliphatic heterocycles. The molecule has 21 heavy (non-hydrogen) atoms. The zero-order valence-electron chi connectivity index (χ0n) is 11.4. The lowest BCUT2D eigenvalue weighted by Gasteiger charge is -2.16. The predicted molar refractivity (Wildman–Crippen MR) is 87.4 cm³/mol. The molecular weight excluding hydrogens is 280 g/mol. The third kappa shape index (κ3) is 2.99. The topological polar surface area (TPSA) is 20.2 Å². The summed E-state index contributed by atoms with van der Waals surface area (Å²) in [5.74, 6) is 0. The molecule has 0 aliphatic carbocycles. The first-order valence-electron chi connectivity index (χ1n) is 6.83. The largest absolute Gasteiger partial charge is 0.384 e. The maximum Gasteiger partial charge on any atom is 0.105 e. The summed E-state index contributed by atoms with van der Waals surface area (Å²) in [6, 6.07) is 25.3. The summed E-state index contributed by atoms with van der Waals surface area (Å²) in [4.78, 5) is 0. The number of halogens is 1. The molecule has 0 aliphatic rings. The van der Waals surface area contributed by atoms with Crippen molar-refractivity contribution in [1.82, 2.24) is 0 Å². The summed E-state index contributed by atoms with van der Waals surface area (Å²) in [5, 5.41) is 11.4. The Bertz CT molecular complexity index is 720. The fourth-order valence-electron chi connectivity index (χ4n) is 2.44. The minimum atomic E-state index is -0.668. The highest BCUT2D eigenvalue weighted by Crippen LogP contribution is 2.32. The molecule has 1 N–H and O–H groups in total. The van der Waals surface area contributed by atoms with Gasteiger partial charge in [0.15, 0.2) is 0 Å². The van der Waals surface area contributed by atoms with Gasteiger partial charge in [-0.15, -0.1) is 0 Å². The Morgan fingerprint density at radius 2 is 1.33 bits per heavy atom. The van der Waals surface area contributed by atoms with Crippen molar-refractivity contribution in [3.63, 3.8) is 0 Å². The van der Waals surface area contributed by atoms with Gasteiger partial charge in [0.05, 0.1) is 0 Å². The molecule has 3 rings (SSSR count). The van der Waals surface area contributed by atoms with E-state index in [-0.39, 0.29) is 0 Å². The highest BCUT2D eigenvalue weighted by atomic mass is 35.5. The van der Waals surface area contributed by atoms with E-state index in [1.165, 1.54) is 0 Å². The Morgan fingerprint density at radius 1 is 0.714 bits per heavy atom. The van der Waals surface area contributed by atoms with Crippen molar-refractivity contribution in [3.05, 3.63) is 95.0 Å². The molecule has 0 saturated heterocycles. The van der Waals surface area contributed by atoms with Crippen LogP contribution in [0.1, 0.15) is 17.2 Å². The molecule has 0 saturated carbocycles. The SMILES string of the molecule is OC(c1ccc(Cl)cc1)c1ccccc1-c1ccccc1. The van der Waals surface area contributed by atoms with Crippen LogP contribution < -0.4 is 0 Å². The van der Waals surface area contributed by atoms with Gasteiger partial charge in [0, 0.05) is 5.02 Å². The van der Waals surface area contributed by atoms with Gasteiger partial charge >= 0.3 is 0 Å². The van der Waals surface area contributed by atoms with Crippen LogP contribution in [0.4, 0.5) is 0 Å². The highest BCUT2D eigenvalue weighted by molar-refractivity contribution is 6.30. The van der Waals surface area contributed by atoms with E-state index < -0.39 is 6.10 Å². The molecule has 1 unspecified atom stereocenters. The van der Waals surface area contributed by atoms with Gasteiger partial charge in [-0.3, -0.25) is 0 Å². The van der Waals surface area contributed by atoms with Crippen LogP contribution in [0.2, 0.25) is 5.02 Å². The van der Waals surface area contributed by atoms with E-state index in [0.29, 0.717) is 5.02 Å². The van der Waals surface area contributed by atoms with Crippen LogP contribution in [-0.2, 0) is 0 Å². The first kappa shape index (κ1) is 13.9. The smallest absolute Gasteiger partial charge is 0.105 e. The first-order valence-corrected chi connectivity index (χ1v) is 7.21. The number of hydrogen-bond acceptors (Lipinski definition) is 1. The summed E-state index contributed by atoms with van der Waals surface area (Å²) < 4.78 is 0. The molecule has 0 aromatic heterocycles. The molecule has 1 atom stereocenters. The molecule has 3 aromatic rings. The lowest BCUT2D eigenvalue weighted by Crippen LogP contribution is -2.01. The van der Waals surface area contributed by atoms with E-state index in [2.05, 4.69) is 0 Å². The summed E-state index contributed by atoms with van der Waals surface area (Å²) in [6.45, 7) is 0. The molecule has 3 aromatic carbocycles. The zero-order chi connectivity index (χ0) is 14.7. The highest BCUT2D eigenvalue weighted by Gasteiger charge is 2.15. The van der Waals surface area contributed by atoms with Crippen molar-refractivity contribution in [3.8, 4) is 11.1 Å². The fourth-order valence-corrected chi connectivity index (χ4v) is 2.57. The summed E-state index contributed by atoms with van der Waals surface area (Å²) in [7, 11) is 0. The Kier molecular flexibility index (Phi) is 4.05. The van der Waals surface area contributed by atoms with Gasteiger partial charge < -0.3 is 5.11 Å². The molecule has 0 radical (unpaired) electrons. The second-order valence-corrected chi connectivity index (χ2v) is 5.34. The average Bonchev–Trinajstić information content (AvgIpc) is 2.56. The van der Waals surface area contributed by atoms with E-state index in [9.17, 15) is 5.11 Å². The summed E-state index contributed by atoms with van der Waals surface area (Å²) in [5.41, 5.74) is 3.87. The third-order valence-electron chi connectivity index (χ3n) is 3.53. The van der Waals surface area contributed by atoms with Crippen LogP contribution in [0.25, 0.3) is 11.1 Å². The minimum Gasteiger partial charge on any atom is -0.384 e. The Balaban J connectivity index is 2.05. The first-order chi connectivity index (χ1) is 10.3. The molecule has 0 amide bonds. The number of rotatable bonds is 3. The Labute approximate surface area is 129 Å². The lowest BCUT2D eigenvalue weighted by molar-refractivity contribution is 0.221. The van der Waals surface area contributed by atoms with E-state index in [4.69, 9.17) is 11.6 Å². The molecular formula is C19H15ClO. The van der Waals surface area contributed by atoms with Crippen LogP contribution in [-0.4, -0.2) is 5.11 Å². The second kappa shape index (κ2) is 6.13. The molecule has 0 fully saturated rings. The predicted octanol–water partition coefficient (Wildman–Crippen LogP) is 5.09. The zero-order valence-corrected chi connectivity index (χ0v) is 12.2. The van der Waals surface area contributed by atoms with Crippen molar-refractivity contribution in [2.24, 2.45) is 0 Å². The van der Waals surface area contributed by atoms with Crippen LogP contribution in [0.15, 0.2) is 78.9 Å². The fraction of sp³-hybridized carbons (Fsp3) is 0.0526. The average molecular weight is 295 g/mol. The van der Waals surface area contributed by atoms with Gasteiger partial charge in [0.25, 0.3) is 0 Å². The van der Waals surface area contributed by atoms with E-state index in [1.54, 1.807) is 12.1 Å². The van der Waals surface area contributed by atoms with Gasteiger partial charge in [0.1, 0.15) is 6.10 Å². The van der Waals surface area contributed by atoms with Crippen molar-refractivity contribution in [2.45, 2.75) is 6.10 Å². The van der Waals surface area contributed by atoms with E-state index in [0.717, 1.165) is 22.3 Å². The van der Waals surface area contributed by atoms with E-state index in [1.807, 2.05) is 66.7 Å². The van der Waals surface area contributed by atoms with Crippen molar-refractivity contribution < 1.29 is 5.11 Å². The van der Waals surface area contributed by atoms with Crippen LogP contribution in [0.5, 0.6) is 0 Å². The minimum absolute atomic E-state index is 0.668. The molecule has 1 nitrogen and oxygen atoms in total. The summed E-state index contributed by atoms with van der Waals surface area (Å²) >= 11 is 5.91. The standard InChI is InChI=1S/C19H15ClO/c20-16-12-10-15(11-13-16)19(21)18-9-5-4-8-17(18)14-6-2-1-3-7-14/h1-13,19,21H. The molecule has 0 bridgehead atoms. The number of benzene rings is 3. The monoisotopic (exact) mass is 294 g/mol. The van der Waals surface area contributed by atoms with Gasteiger partial charge in [-0.25, -0.2) is 0 Å². The number of hydrogen-bond donors (Lipinski definition) is 1. The third-order valence-corrected chi connectivity index (χ3v) is 3.78. The molecule has 0 spiro atoms. The van der Waals surface area contributed by atoms with Gasteiger partial charge in [-0.2, -0.15) is 0 Å². The maximum atomic E-state index is 10.7. The molecule has 0 heterocycles.